The minimum Gasteiger partial charge on any atom is -0.352 e. The largest absolute Gasteiger partial charge is 0.352 e. The second kappa shape index (κ2) is 8.71. The number of nitrogens with one attached hydrogen (secondary N) is 2. The first-order valence-electron chi connectivity index (χ1n) is 8.95. The molecule has 0 saturated carbocycles. The van der Waals surface area contributed by atoms with Gasteiger partial charge in [0.05, 0.1) is 6.54 Å². The van der Waals surface area contributed by atoms with Gasteiger partial charge in [0.2, 0.25) is 5.95 Å². The predicted molar refractivity (Wildman–Crippen MR) is 112 cm³/mol. The van der Waals surface area contributed by atoms with Crippen molar-refractivity contribution < 1.29 is 4.79 Å². The van der Waals surface area contributed by atoms with Crippen LogP contribution in [0.1, 0.15) is 28.4 Å². The minimum atomic E-state index is -0.586. The van der Waals surface area contributed by atoms with Gasteiger partial charge in [-0.15, -0.1) is 0 Å². The Hall–Kier alpha value is -3.12. The fraction of sp³-hybridized carbons (Fsp3) is 0.190. The van der Waals surface area contributed by atoms with E-state index in [0.717, 1.165) is 16.8 Å². The highest BCUT2D eigenvalue weighted by Crippen LogP contribution is 2.25. The van der Waals surface area contributed by atoms with E-state index in [1.54, 1.807) is 17.6 Å². The highest BCUT2D eigenvalue weighted by molar-refractivity contribution is 6.31. The highest BCUT2D eigenvalue weighted by atomic mass is 35.5. The van der Waals surface area contributed by atoms with Crippen LogP contribution in [0, 0.1) is 6.92 Å². The lowest BCUT2D eigenvalue weighted by atomic mass is 10.2. The van der Waals surface area contributed by atoms with Gasteiger partial charge in [0.25, 0.3) is 11.5 Å². The Balaban J connectivity index is 2.06. The molecule has 2 N–H and O–H groups in total. The van der Waals surface area contributed by atoms with E-state index >= 15 is 0 Å². The topological polar surface area (TPSA) is 76.0 Å². The van der Waals surface area contributed by atoms with Gasteiger partial charge in [0, 0.05) is 23.5 Å². The Morgan fingerprint density at radius 3 is 2.61 bits per heavy atom. The fourth-order valence-electron chi connectivity index (χ4n) is 2.77. The molecule has 0 bridgehead atoms. The number of benzene rings is 2. The molecule has 6 nitrogen and oxygen atoms in total. The number of amides is 1. The molecule has 3 aromatic rings. The Morgan fingerprint density at radius 2 is 1.89 bits per heavy atom. The molecule has 28 heavy (non-hydrogen) atoms. The number of hydrogen-bond acceptors (Lipinski definition) is 4. The summed E-state index contributed by atoms with van der Waals surface area (Å²) >= 11 is 6.20. The summed E-state index contributed by atoms with van der Waals surface area (Å²) in [6.07, 6.45) is 1.54. The molecule has 0 aliphatic rings. The van der Waals surface area contributed by atoms with Crippen molar-refractivity contribution >= 4 is 29.1 Å². The molecule has 0 unspecified atom stereocenters. The van der Waals surface area contributed by atoms with Crippen molar-refractivity contribution in [2.75, 3.05) is 11.9 Å². The van der Waals surface area contributed by atoms with Gasteiger partial charge >= 0.3 is 0 Å². The maximum Gasteiger partial charge on any atom is 0.287 e. The Morgan fingerprint density at radius 1 is 1.14 bits per heavy atom. The van der Waals surface area contributed by atoms with E-state index in [1.807, 2.05) is 49.4 Å². The fourth-order valence-corrected chi connectivity index (χ4v) is 2.94. The Bertz CT molecular complexity index is 1050. The third kappa shape index (κ3) is 4.40. The summed E-state index contributed by atoms with van der Waals surface area (Å²) in [4.78, 5) is 28.8. The van der Waals surface area contributed by atoms with Crippen molar-refractivity contribution in [1.29, 1.82) is 0 Å². The van der Waals surface area contributed by atoms with Crippen LogP contribution in [0.15, 0.2) is 59.5 Å². The normalized spacial score (nSPS) is 10.5. The van der Waals surface area contributed by atoms with E-state index in [9.17, 15) is 9.59 Å². The van der Waals surface area contributed by atoms with Gasteiger partial charge in [0.1, 0.15) is 5.56 Å². The van der Waals surface area contributed by atoms with E-state index in [4.69, 9.17) is 11.6 Å². The zero-order valence-corrected chi connectivity index (χ0v) is 16.5. The zero-order chi connectivity index (χ0) is 20.1. The van der Waals surface area contributed by atoms with E-state index in [2.05, 4.69) is 15.6 Å². The van der Waals surface area contributed by atoms with Crippen LogP contribution in [0.4, 0.5) is 11.6 Å². The molecule has 3 rings (SSSR count). The quantitative estimate of drug-likeness (QED) is 0.665. The summed E-state index contributed by atoms with van der Waals surface area (Å²) in [5.74, 6) is -0.0976. The standard InChI is InChI=1S/C21H21ClN4O2/c1-3-23-19(27)16-13-26(12-15-8-5-4-6-9-15)21(25-20(16)28)24-18-11-7-10-17(22)14(18)2/h4-11,13H,3,12H2,1-2H3,(H,23,27)(H,24,25,28). The van der Waals surface area contributed by atoms with Crippen molar-refractivity contribution in [3.8, 4) is 0 Å². The highest BCUT2D eigenvalue weighted by Gasteiger charge is 2.16. The number of nitrogens with zero attached hydrogens (tertiary/aromatic N) is 2. The van der Waals surface area contributed by atoms with E-state index in [-0.39, 0.29) is 5.56 Å². The van der Waals surface area contributed by atoms with Crippen LogP contribution >= 0.6 is 11.6 Å². The smallest absolute Gasteiger partial charge is 0.287 e. The average molecular weight is 397 g/mol. The lowest BCUT2D eigenvalue weighted by Gasteiger charge is -2.17. The second-order valence-corrected chi connectivity index (χ2v) is 6.70. The molecule has 0 spiro atoms. The summed E-state index contributed by atoms with van der Waals surface area (Å²) < 4.78 is 1.75. The third-order valence-electron chi connectivity index (χ3n) is 4.29. The SMILES string of the molecule is CCNC(=O)c1cn(Cc2ccccc2)c(Nc2cccc(Cl)c2C)nc1=O. The Labute approximate surface area is 168 Å². The summed E-state index contributed by atoms with van der Waals surface area (Å²) in [5.41, 5.74) is 2.02. The molecule has 0 fully saturated rings. The Kier molecular flexibility index (Phi) is 6.11. The second-order valence-electron chi connectivity index (χ2n) is 6.29. The summed E-state index contributed by atoms with van der Waals surface area (Å²) in [5, 5.41) is 6.44. The van der Waals surface area contributed by atoms with E-state index in [0.29, 0.717) is 24.1 Å². The lowest BCUT2D eigenvalue weighted by molar-refractivity contribution is 0.0953. The molecular weight excluding hydrogens is 376 g/mol. The number of anilines is 2. The van der Waals surface area contributed by atoms with Gasteiger partial charge in [-0.2, -0.15) is 4.98 Å². The predicted octanol–water partition coefficient (Wildman–Crippen LogP) is 3.75. The van der Waals surface area contributed by atoms with Crippen LogP contribution in [-0.2, 0) is 6.54 Å². The van der Waals surface area contributed by atoms with Crippen molar-refractivity contribution in [2.24, 2.45) is 0 Å². The molecule has 0 aliphatic carbocycles. The van der Waals surface area contributed by atoms with Gasteiger partial charge < -0.3 is 15.2 Å². The maximum atomic E-state index is 12.5. The first kappa shape index (κ1) is 19.6. The summed E-state index contributed by atoms with van der Waals surface area (Å²) in [6.45, 7) is 4.56. The molecule has 0 saturated heterocycles. The van der Waals surface area contributed by atoms with Gasteiger partial charge in [-0.05, 0) is 37.1 Å². The van der Waals surface area contributed by atoms with Crippen molar-refractivity contribution in [1.82, 2.24) is 14.9 Å². The van der Waals surface area contributed by atoms with Gasteiger partial charge in [-0.25, -0.2) is 0 Å². The average Bonchev–Trinajstić information content (AvgIpc) is 2.68. The van der Waals surface area contributed by atoms with Crippen LogP contribution in [0.25, 0.3) is 0 Å². The van der Waals surface area contributed by atoms with Crippen molar-refractivity contribution in [3.63, 3.8) is 0 Å². The molecule has 0 aliphatic heterocycles. The number of carbonyl (C=O) groups is 1. The lowest BCUT2D eigenvalue weighted by Crippen LogP contribution is -2.31. The molecule has 1 heterocycles. The summed E-state index contributed by atoms with van der Waals surface area (Å²) in [6, 6.07) is 15.2. The summed E-state index contributed by atoms with van der Waals surface area (Å²) in [7, 11) is 0. The van der Waals surface area contributed by atoms with Crippen LogP contribution in [0.5, 0.6) is 0 Å². The number of halogens is 1. The van der Waals surface area contributed by atoms with Gasteiger partial charge in [-0.3, -0.25) is 9.59 Å². The molecule has 144 valence electrons. The van der Waals surface area contributed by atoms with Crippen LogP contribution < -0.4 is 16.2 Å². The third-order valence-corrected chi connectivity index (χ3v) is 4.70. The van der Waals surface area contributed by atoms with Crippen LogP contribution in [0.2, 0.25) is 5.02 Å². The van der Waals surface area contributed by atoms with E-state index < -0.39 is 11.5 Å². The first-order chi connectivity index (χ1) is 13.5. The molecule has 1 aromatic heterocycles. The number of carbonyl (C=O) groups excluding carboxylic acids is 1. The molecular formula is C21H21ClN4O2. The maximum absolute atomic E-state index is 12.5. The molecule has 2 aromatic carbocycles. The van der Waals surface area contributed by atoms with E-state index in [1.165, 1.54) is 6.20 Å². The number of aromatic nitrogens is 2. The number of rotatable bonds is 6. The number of hydrogen-bond donors (Lipinski definition) is 2. The van der Waals surface area contributed by atoms with Gasteiger partial charge in [0.15, 0.2) is 0 Å². The molecule has 1 amide bonds. The molecule has 0 radical (unpaired) electrons. The molecule has 0 atom stereocenters. The van der Waals surface area contributed by atoms with Crippen molar-refractivity contribution in [3.05, 3.63) is 86.8 Å². The zero-order valence-electron chi connectivity index (χ0n) is 15.7. The molecule has 7 heteroatoms. The first-order valence-corrected chi connectivity index (χ1v) is 9.33. The monoisotopic (exact) mass is 396 g/mol. The minimum absolute atomic E-state index is 0.00569. The van der Waals surface area contributed by atoms with Crippen LogP contribution in [-0.4, -0.2) is 22.0 Å². The van der Waals surface area contributed by atoms with Gasteiger partial charge in [-0.1, -0.05) is 48.0 Å². The van der Waals surface area contributed by atoms with Crippen LogP contribution in [0.3, 0.4) is 0 Å². The van der Waals surface area contributed by atoms with Crippen molar-refractivity contribution in [2.45, 2.75) is 20.4 Å².